The summed E-state index contributed by atoms with van der Waals surface area (Å²) in [5.74, 6) is 0.455. The number of rotatable bonds is 8. The molecule has 0 aliphatic heterocycles. The summed E-state index contributed by atoms with van der Waals surface area (Å²) in [6, 6.07) is 5.08. The highest BCUT2D eigenvalue weighted by Crippen LogP contribution is 2.27. The van der Waals surface area contributed by atoms with Crippen LogP contribution in [0.5, 0.6) is 5.75 Å². The van der Waals surface area contributed by atoms with Crippen molar-refractivity contribution in [2.75, 3.05) is 19.8 Å². The average Bonchev–Trinajstić information content (AvgIpc) is 2.38. The Balaban J connectivity index is 2.33. The Hall–Kier alpha value is -0.520. The Kier molecular flexibility index (Phi) is 7.49. The van der Waals surface area contributed by atoms with Crippen LogP contribution in [0, 0.1) is 0 Å². The molecule has 0 radical (unpaired) electrons. The van der Waals surface area contributed by atoms with Crippen LogP contribution in [0.2, 0.25) is 10.0 Å². The van der Waals surface area contributed by atoms with Crippen molar-refractivity contribution >= 4 is 23.2 Å². The predicted molar refractivity (Wildman–Crippen MR) is 77.1 cm³/mol. The van der Waals surface area contributed by atoms with E-state index in [1.807, 2.05) is 6.92 Å². The largest absolute Gasteiger partial charge is 0.489 e. The molecule has 3 N–H and O–H groups in total. The van der Waals surface area contributed by atoms with E-state index in [9.17, 15) is 5.11 Å². The van der Waals surface area contributed by atoms with Gasteiger partial charge in [0.05, 0.1) is 5.02 Å². The van der Waals surface area contributed by atoms with Crippen LogP contribution in [0.1, 0.15) is 13.3 Å². The van der Waals surface area contributed by atoms with Gasteiger partial charge in [-0.1, -0.05) is 23.2 Å². The molecule has 0 amide bonds. The molecule has 0 aliphatic rings. The van der Waals surface area contributed by atoms with Gasteiger partial charge >= 0.3 is 0 Å². The first-order chi connectivity index (χ1) is 9.02. The van der Waals surface area contributed by atoms with Crippen molar-refractivity contribution in [3.05, 3.63) is 28.2 Å². The lowest BCUT2D eigenvalue weighted by Crippen LogP contribution is -2.37. The molecule has 0 saturated heterocycles. The Labute approximate surface area is 123 Å². The molecule has 6 heteroatoms. The second-order valence-corrected chi connectivity index (χ2v) is 5.20. The number of hydrogen-bond acceptors (Lipinski definition) is 4. The van der Waals surface area contributed by atoms with Gasteiger partial charge in [-0.2, -0.15) is 0 Å². The SMILES string of the molecule is CC(CCO)NCC(O)COc1cc(Cl)ccc1Cl. The van der Waals surface area contributed by atoms with Crippen LogP contribution < -0.4 is 10.1 Å². The number of halogens is 2. The van der Waals surface area contributed by atoms with Gasteiger partial charge in [-0.05, 0) is 25.5 Å². The first-order valence-corrected chi connectivity index (χ1v) is 6.88. The molecule has 1 aromatic carbocycles. The summed E-state index contributed by atoms with van der Waals surface area (Å²) in [4.78, 5) is 0. The third-order valence-electron chi connectivity index (χ3n) is 2.59. The molecule has 108 valence electrons. The summed E-state index contributed by atoms with van der Waals surface area (Å²) in [5, 5.41) is 22.6. The highest BCUT2D eigenvalue weighted by molar-refractivity contribution is 6.34. The van der Waals surface area contributed by atoms with E-state index in [0.29, 0.717) is 28.8 Å². The van der Waals surface area contributed by atoms with E-state index in [4.69, 9.17) is 33.0 Å². The molecule has 1 rings (SSSR count). The monoisotopic (exact) mass is 307 g/mol. The Bertz CT molecular complexity index is 390. The van der Waals surface area contributed by atoms with Crippen LogP contribution in [-0.2, 0) is 0 Å². The highest BCUT2D eigenvalue weighted by Gasteiger charge is 2.09. The summed E-state index contributed by atoms with van der Waals surface area (Å²) < 4.78 is 5.42. The van der Waals surface area contributed by atoms with Gasteiger partial charge < -0.3 is 20.3 Å². The molecule has 0 saturated carbocycles. The predicted octanol–water partition coefficient (Wildman–Crippen LogP) is 2.09. The van der Waals surface area contributed by atoms with Crippen molar-refractivity contribution in [1.82, 2.24) is 5.32 Å². The first kappa shape index (κ1) is 16.5. The molecule has 0 aromatic heterocycles. The van der Waals surface area contributed by atoms with Gasteiger partial charge in [-0.25, -0.2) is 0 Å². The lowest BCUT2D eigenvalue weighted by Gasteiger charge is -2.17. The van der Waals surface area contributed by atoms with E-state index in [1.54, 1.807) is 18.2 Å². The molecule has 0 heterocycles. The maximum atomic E-state index is 9.76. The minimum Gasteiger partial charge on any atom is -0.489 e. The average molecular weight is 308 g/mol. The number of hydrogen-bond donors (Lipinski definition) is 3. The molecule has 19 heavy (non-hydrogen) atoms. The zero-order valence-corrected chi connectivity index (χ0v) is 12.3. The molecular weight excluding hydrogens is 289 g/mol. The number of ether oxygens (including phenoxy) is 1. The molecule has 2 atom stereocenters. The molecule has 0 bridgehead atoms. The van der Waals surface area contributed by atoms with Gasteiger partial charge in [0.25, 0.3) is 0 Å². The van der Waals surface area contributed by atoms with Crippen LogP contribution in [0.15, 0.2) is 18.2 Å². The zero-order chi connectivity index (χ0) is 14.3. The van der Waals surface area contributed by atoms with Gasteiger partial charge in [-0.3, -0.25) is 0 Å². The van der Waals surface area contributed by atoms with Crippen LogP contribution in [0.4, 0.5) is 0 Å². The van der Waals surface area contributed by atoms with Crippen LogP contribution in [-0.4, -0.2) is 42.1 Å². The van der Waals surface area contributed by atoms with Crippen molar-refractivity contribution in [3.63, 3.8) is 0 Å². The highest BCUT2D eigenvalue weighted by atomic mass is 35.5. The Morgan fingerprint density at radius 1 is 1.37 bits per heavy atom. The second kappa shape index (κ2) is 8.61. The molecule has 2 unspecified atom stereocenters. The molecule has 0 fully saturated rings. The molecule has 1 aromatic rings. The third kappa shape index (κ3) is 6.45. The maximum absolute atomic E-state index is 9.76. The normalized spacial score (nSPS) is 14.2. The van der Waals surface area contributed by atoms with Crippen LogP contribution in [0.25, 0.3) is 0 Å². The first-order valence-electron chi connectivity index (χ1n) is 6.13. The smallest absolute Gasteiger partial charge is 0.139 e. The van der Waals surface area contributed by atoms with Gasteiger partial charge in [0.15, 0.2) is 0 Å². The fourth-order valence-corrected chi connectivity index (χ4v) is 1.80. The van der Waals surface area contributed by atoms with Gasteiger partial charge in [0, 0.05) is 30.3 Å². The second-order valence-electron chi connectivity index (χ2n) is 4.36. The summed E-state index contributed by atoms with van der Waals surface area (Å²) >= 11 is 11.8. The van der Waals surface area contributed by atoms with Crippen molar-refractivity contribution < 1.29 is 14.9 Å². The summed E-state index contributed by atoms with van der Waals surface area (Å²) in [5.41, 5.74) is 0. The van der Waals surface area contributed by atoms with E-state index in [0.717, 1.165) is 0 Å². The lowest BCUT2D eigenvalue weighted by molar-refractivity contribution is 0.103. The van der Waals surface area contributed by atoms with Gasteiger partial charge in [0.1, 0.15) is 18.5 Å². The maximum Gasteiger partial charge on any atom is 0.139 e. The van der Waals surface area contributed by atoms with Gasteiger partial charge in [0.2, 0.25) is 0 Å². The van der Waals surface area contributed by atoms with Crippen molar-refractivity contribution in [2.45, 2.75) is 25.5 Å². The molecular formula is C13H19Cl2NO3. The van der Waals surface area contributed by atoms with Crippen molar-refractivity contribution in [1.29, 1.82) is 0 Å². The number of aliphatic hydroxyl groups excluding tert-OH is 2. The summed E-state index contributed by atoms with van der Waals surface area (Å²) in [6.45, 7) is 2.58. The van der Waals surface area contributed by atoms with Crippen LogP contribution in [0.3, 0.4) is 0 Å². The van der Waals surface area contributed by atoms with Crippen LogP contribution >= 0.6 is 23.2 Å². The topological polar surface area (TPSA) is 61.7 Å². The molecule has 0 aliphatic carbocycles. The fraction of sp³-hybridized carbons (Fsp3) is 0.538. The third-order valence-corrected chi connectivity index (χ3v) is 3.14. The minimum atomic E-state index is -0.656. The van der Waals surface area contributed by atoms with E-state index in [1.165, 1.54) is 0 Å². The number of aliphatic hydroxyl groups is 2. The van der Waals surface area contributed by atoms with E-state index < -0.39 is 6.10 Å². The molecule has 4 nitrogen and oxygen atoms in total. The van der Waals surface area contributed by atoms with E-state index >= 15 is 0 Å². The minimum absolute atomic E-state index is 0.124. The van der Waals surface area contributed by atoms with E-state index in [2.05, 4.69) is 5.32 Å². The van der Waals surface area contributed by atoms with E-state index in [-0.39, 0.29) is 19.3 Å². The lowest BCUT2D eigenvalue weighted by atomic mass is 10.2. The summed E-state index contributed by atoms with van der Waals surface area (Å²) in [7, 11) is 0. The quantitative estimate of drug-likeness (QED) is 0.688. The van der Waals surface area contributed by atoms with Crippen molar-refractivity contribution in [2.24, 2.45) is 0 Å². The standard InChI is InChI=1S/C13H19Cl2NO3/c1-9(4-5-17)16-7-11(18)8-19-13-6-10(14)2-3-12(13)15/h2-3,6,9,11,16-18H,4-5,7-8H2,1H3. The zero-order valence-electron chi connectivity index (χ0n) is 10.8. The van der Waals surface area contributed by atoms with Crippen molar-refractivity contribution in [3.8, 4) is 5.75 Å². The number of benzene rings is 1. The fourth-order valence-electron chi connectivity index (χ4n) is 1.47. The number of nitrogens with one attached hydrogen (secondary N) is 1. The summed E-state index contributed by atoms with van der Waals surface area (Å²) in [6.07, 6.45) is -0.00978. The Morgan fingerprint density at radius 2 is 2.11 bits per heavy atom. The van der Waals surface area contributed by atoms with Gasteiger partial charge in [-0.15, -0.1) is 0 Å². The Morgan fingerprint density at radius 3 is 2.79 bits per heavy atom. The molecule has 0 spiro atoms.